The second-order valence-corrected chi connectivity index (χ2v) is 3.61. The zero-order valence-corrected chi connectivity index (χ0v) is 10.1. The van der Waals surface area contributed by atoms with Gasteiger partial charge < -0.3 is 4.74 Å². The zero-order valence-electron chi connectivity index (χ0n) is 10.1. The van der Waals surface area contributed by atoms with Crippen LogP contribution in [0, 0.1) is 5.92 Å². The molecular weight excluding hydrogens is 216 g/mol. The van der Waals surface area contributed by atoms with E-state index in [1.807, 2.05) is 30.3 Å². The van der Waals surface area contributed by atoms with E-state index in [2.05, 4.69) is 0 Å². The quantitative estimate of drug-likeness (QED) is 0.578. The number of ketones is 1. The largest absolute Gasteiger partial charge is 0.465 e. The maximum atomic E-state index is 11.5. The molecule has 0 heterocycles. The highest BCUT2D eigenvalue weighted by atomic mass is 16.5. The highest BCUT2D eigenvalue weighted by Crippen LogP contribution is 2.08. The minimum absolute atomic E-state index is 0.212. The van der Waals surface area contributed by atoms with Crippen molar-refractivity contribution in [3.8, 4) is 0 Å². The summed E-state index contributed by atoms with van der Waals surface area (Å²) < 4.78 is 4.84. The predicted molar refractivity (Wildman–Crippen MR) is 66.3 cm³/mol. The minimum atomic E-state index is -0.810. The number of ether oxygens (including phenoxy) is 1. The van der Waals surface area contributed by atoms with Crippen molar-refractivity contribution < 1.29 is 14.3 Å². The van der Waals surface area contributed by atoms with Gasteiger partial charge in [0.15, 0.2) is 0 Å². The van der Waals surface area contributed by atoms with Crippen molar-refractivity contribution in [3.63, 3.8) is 0 Å². The summed E-state index contributed by atoms with van der Waals surface area (Å²) in [6.45, 7) is 3.38. The summed E-state index contributed by atoms with van der Waals surface area (Å²) in [5.74, 6) is -1.52. The molecule has 0 fully saturated rings. The number of carbonyl (C=O) groups excluding carboxylic acids is 2. The van der Waals surface area contributed by atoms with Crippen LogP contribution in [0.15, 0.2) is 36.4 Å². The van der Waals surface area contributed by atoms with Gasteiger partial charge in [0.2, 0.25) is 0 Å². The van der Waals surface area contributed by atoms with Crippen LogP contribution in [0.5, 0.6) is 0 Å². The normalized spacial score (nSPS) is 12.4. The molecule has 0 saturated heterocycles. The number of hydrogen-bond acceptors (Lipinski definition) is 3. The van der Waals surface area contributed by atoms with E-state index < -0.39 is 11.9 Å². The fourth-order valence-electron chi connectivity index (χ4n) is 1.38. The smallest absolute Gasteiger partial charge is 0.320 e. The molecule has 0 spiro atoms. The molecule has 0 saturated carbocycles. The van der Waals surface area contributed by atoms with Gasteiger partial charge in [-0.25, -0.2) is 0 Å². The van der Waals surface area contributed by atoms with E-state index in [-0.39, 0.29) is 12.4 Å². The Morgan fingerprint density at radius 3 is 2.47 bits per heavy atom. The van der Waals surface area contributed by atoms with Gasteiger partial charge in [-0.1, -0.05) is 42.5 Å². The Labute approximate surface area is 101 Å². The van der Waals surface area contributed by atoms with Crippen molar-refractivity contribution in [2.75, 3.05) is 6.61 Å². The lowest BCUT2D eigenvalue weighted by Crippen LogP contribution is -2.22. The molecule has 1 rings (SSSR count). The van der Waals surface area contributed by atoms with Crippen LogP contribution < -0.4 is 0 Å². The molecule has 1 aromatic rings. The SMILES string of the molecule is CCOC(=O)C(/C=C\c1ccccc1)C(C)=O. The Hall–Kier alpha value is -1.90. The molecule has 1 aromatic carbocycles. The van der Waals surface area contributed by atoms with Crippen LogP contribution in [-0.4, -0.2) is 18.4 Å². The van der Waals surface area contributed by atoms with Gasteiger partial charge in [0.05, 0.1) is 6.61 Å². The van der Waals surface area contributed by atoms with Crippen LogP contribution in [0.3, 0.4) is 0 Å². The Morgan fingerprint density at radius 2 is 1.94 bits per heavy atom. The summed E-state index contributed by atoms with van der Waals surface area (Å²) in [6, 6.07) is 9.50. The summed E-state index contributed by atoms with van der Waals surface area (Å²) in [7, 11) is 0. The van der Waals surface area contributed by atoms with Gasteiger partial charge in [-0.3, -0.25) is 9.59 Å². The standard InChI is InChI=1S/C14H16O3/c1-3-17-14(16)13(11(2)15)10-9-12-7-5-4-6-8-12/h4-10,13H,3H2,1-2H3/b10-9-. The van der Waals surface area contributed by atoms with Crippen LogP contribution in [0.25, 0.3) is 6.08 Å². The second-order valence-electron chi connectivity index (χ2n) is 3.61. The molecule has 0 N–H and O–H groups in total. The van der Waals surface area contributed by atoms with Crippen LogP contribution in [0.1, 0.15) is 19.4 Å². The van der Waals surface area contributed by atoms with Crippen molar-refractivity contribution >= 4 is 17.8 Å². The Bertz CT molecular complexity index is 407. The number of benzene rings is 1. The molecular formula is C14H16O3. The van der Waals surface area contributed by atoms with Crippen LogP contribution >= 0.6 is 0 Å². The first kappa shape index (κ1) is 13.2. The van der Waals surface area contributed by atoms with E-state index in [9.17, 15) is 9.59 Å². The third-order valence-electron chi connectivity index (χ3n) is 2.26. The molecule has 0 aliphatic rings. The fraction of sp³-hybridized carbons (Fsp3) is 0.286. The van der Waals surface area contributed by atoms with Gasteiger partial charge in [0, 0.05) is 0 Å². The monoisotopic (exact) mass is 232 g/mol. The first-order chi connectivity index (χ1) is 8.15. The summed E-state index contributed by atoms with van der Waals surface area (Å²) in [4.78, 5) is 22.8. The molecule has 0 aliphatic carbocycles. The molecule has 3 heteroatoms. The minimum Gasteiger partial charge on any atom is -0.465 e. The summed E-state index contributed by atoms with van der Waals surface area (Å²) in [5.41, 5.74) is 0.947. The van der Waals surface area contributed by atoms with E-state index in [1.54, 1.807) is 19.1 Å². The fourth-order valence-corrected chi connectivity index (χ4v) is 1.38. The molecule has 0 aromatic heterocycles. The average molecular weight is 232 g/mol. The van der Waals surface area contributed by atoms with Gasteiger partial charge in [-0.05, 0) is 19.4 Å². The zero-order chi connectivity index (χ0) is 12.7. The molecule has 3 nitrogen and oxygen atoms in total. The highest BCUT2D eigenvalue weighted by Gasteiger charge is 2.21. The van der Waals surface area contributed by atoms with Crippen molar-refractivity contribution in [3.05, 3.63) is 42.0 Å². The molecule has 0 amide bonds. The average Bonchev–Trinajstić information content (AvgIpc) is 2.30. The van der Waals surface area contributed by atoms with E-state index in [1.165, 1.54) is 6.92 Å². The van der Waals surface area contributed by atoms with E-state index in [0.29, 0.717) is 0 Å². The van der Waals surface area contributed by atoms with Gasteiger partial charge >= 0.3 is 5.97 Å². The topological polar surface area (TPSA) is 43.4 Å². The molecule has 17 heavy (non-hydrogen) atoms. The summed E-state index contributed by atoms with van der Waals surface area (Å²) in [5, 5.41) is 0. The van der Waals surface area contributed by atoms with Crippen LogP contribution in [0.4, 0.5) is 0 Å². The van der Waals surface area contributed by atoms with Crippen molar-refractivity contribution in [2.45, 2.75) is 13.8 Å². The Kier molecular flexibility index (Phi) is 5.14. The summed E-state index contributed by atoms with van der Waals surface area (Å²) >= 11 is 0. The lowest BCUT2D eigenvalue weighted by atomic mass is 10.0. The van der Waals surface area contributed by atoms with E-state index >= 15 is 0 Å². The van der Waals surface area contributed by atoms with Crippen LogP contribution in [0.2, 0.25) is 0 Å². The predicted octanol–water partition coefficient (Wildman–Crippen LogP) is 2.47. The Balaban J connectivity index is 2.77. The lowest BCUT2D eigenvalue weighted by Gasteiger charge is -2.07. The number of hydrogen-bond donors (Lipinski definition) is 0. The number of carbonyl (C=O) groups is 2. The van der Waals surface area contributed by atoms with Crippen molar-refractivity contribution in [2.24, 2.45) is 5.92 Å². The lowest BCUT2D eigenvalue weighted by molar-refractivity contribution is -0.149. The molecule has 1 unspecified atom stereocenters. The first-order valence-corrected chi connectivity index (χ1v) is 5.55. The Morgan fingerprint density at radius 1 is 1.29 bits per heavy atom. The number of rotatable bonds is 5. The summed E-state index contributed by atoms with van der Waals surface area (Å²) in [6.07, 6.45) is 3.33. The van der Waals surface area contributed by atoms with Crippen LogP contribution in [-0.2, 0) is 14.3 Å². The molecule has 1 atom stereocenters. The maximum Gasteiger partial charge on any atom is 0.320 e. The second kappa shape index (κ2) is 6.63. The van der Waals surface area contributed by atoms with Gasteiger partial charge in [0.1, 0.15) is 11.7 Å². The number of Topliss-reactive ketones (excluding diaryl/α,β-unsaturated/α-hetero) is 1. The molecule has 90 valence electrons. The maximum absolute atomic E-state index is 11.5. The van der Waals surface area contributed by atoms with Crippen molar-refractivity contribution in [1.82, 2.24) is 0 Å². The van der Waals surface area contributed by atoms with Gasteiger partial charge in [0.25, 0.3) is 0 Å². The molecule has 0 radical (unpaired) electrons. The first-order valence-electron chi connectivity index (χ1n) is 5.55. The van der Waals surface area contributed by atoms with Gasteiger partial charge in [-0.15, -0.1) is 0 Å². The van der Waals surface area contributed by atoms with Gasteiger partial charge in [-0.2, -0.15) is 0 Å². The van der Waals surface area contributed by atoms with E-state index in [0.717, 1.165) is 5.56 Å². The third kappa shape index (κ3) is 4.23. The van der Waals surface area contributed by atoms with Crippen molar-refractivity contribution in [1.29, 1.82) is 0 Å². The third-order valence-corrected chi connectivity index (χ3v) is 2.26. The molecule has 0 bridgehead atoms. The number of esters is 1. The highest BCUT2D eigenvalue weighted by molar-refractivity contribution is 6.00. The molecule has 0 aliphatic heterocycles. The van der Waals surface area contributed by atoms with E-state index in [4.69, 9.17) is 4.74 Å².